The van der Waals surface area contributed by atoms with E-state index in [2.05, 4.69) is 33.8 Å². The number of carbonyl (C=O) groups excluding carboxylic acids is 1. The predicted octanol–water partition coefficient (Wildman–Crippen LogP) is 1.48. The first-order valence-corrected chi connectivity index (χ1v) is 6.79. The van der Waals surface area contributed by atoms with Gasteiger partial charge in [-0.25, -0.2) is 4.98 Å². The van der Waals surface area contributed by atoms with Crippen LogP contribution in [0.4, 0.5) is 0 Å². The molecule has 2 heterocycles. The molecule has 0 unspecified atom stereocenters. The lowest BCUT2D eigenvalue weighted by atomic mass is 10.3. The Morgan fingerprint density at radius 3 is 2.80 bits per heavy atom. The first-order chi connectivity index (χ1) is 9.50. The summed E-state index contributed by atoms with van der Waals surface area (Å²) in [7, 11) is 1.75. The van der Waals surface area contributed by atoms with Crippen molar-refractivity contribution in [3.05, 3.63) is 35.7 Å². The number of aromatic nitrogens is 4. The van der Waals surface area contributed by atoms with Gasteiger partial charge in [-0.2, -0.15) is 5.10 Å². The van der Waals surface area contributed by atoms with E-state index in [0.717, 1.165) is 17.9 Å². The van der Waals surface area contributed by atoms with Crippen molar-refractivity contribution in [3.8, 4) is 0 Å². The first kappa shape index (κ1) is 14.3. The average molecular weight is 275 g/mol. The minimum absolute atomic E-state index is 0.107. The highest BCUT2D eigenvalue weighted by Crippen LogP contribution is 2.13. The molecule has 2 rings (SSSR count). The molecule has 0 radical (unpaired) electrons. The van der Waals surface area contributed by atoms with E-state index in [1.165, 1.54) is 0 Å². The number of hydrogen-bond donors (Lipinski definition) is 1. The number of hydrogen-bond acceptors (Lipinski definition) is 3. The monoisotopic (exact) mass is 275 g/mol. The molecule has 1 N–H and O–H groups in total. The highest BCUT2D eigenvalue weighted by atomic mass is 16.2. The molecule has 0 aliphatic rings. The van der Waals surface area contributed by atoms with Gasteiger partial charge in [0.1, 0.15) is 11.5 Å². The van der Waals surface area contributed by atoms with Crippen molar-refractivity contribution in [2.24, 2.45) is 7.05 Å². The van der Waals surface area contributed by atoms with Gasteiger partial charge in [-0.1, -0.05) is 0 Å². The van der Waals surface area contributed by atoms with Gasteiger partial charge in [-0.15, -0.1) is 0 Å². The molecule has 6 heteroatoms. The lowest BCUT2D eigenvalue weighted by Crippen LogP contribution is -2.28. The molecule has 20 heavy (non-hydrogen) atoms. The van der Waals surface area contributed by atoms with E-state index in [1.54, 1.807) is 24.0 Å². The predicted molar refractivity (Wildman–Crippen MR) is 76.6 cm³/mol. The van der Waals surface area contributed by atoms with Crippen LogP contribution in [0.5, 0.6) is 0 Å². The van der Waals surface area contributed by atoms with Gasteiger partial charge in [-0.05, 0) is 26.8 Å². The maximum atomic E-state index is 11.9. The molecule has 0 bridgehead atoms. The van der Waals surface area contributed by atoms with E-state index in [4.69, 9.17) is 0 Å². The molecule has 0 aromatic carbocycles. The van der Waals surface area contributed by atoms with Crippen molar-refractivity contribution >= 4 is 5.91 Å². The second kappa shape index (κ2) is 5.90. The fourth-order valence-electron chi connectivity index (χ4n) is 2.36. The van der Waals surface area contributed by atoms with E-state index in [0.29, 0.717) is 18.3 Å². The number of nitrogens with one attached hydrogen (secondary N) is 1. The van der Waals surface area contributed by atoms with Gasteiger partial charge in [0.2, 0.25) is 0 Å². The van der Waals surface area contributed by atoms with Gasteiger partial charge in [0.15, 0.2) is 0 Å². The van der Waals surface area contributed by atoms with Crippen molar-refractivity contribution in [2.75, 3.05) is 6.54 Å². The third kappa shape index (κ3) is 2.89. The fraction of sp³-hybridized carbons (Fsp3) is 0.500. The van der Waals surface area contributed by atoms with E-state index in [1.807, 2.05) is 13.1 Å². The van der Waals surface area contributed by atoms with Gasteiger partial charge >= 0.3 is 0 Å². The quantitative estimate of drug-likeness (QED) is 0.899. The summed E-state index contributed by atoms with van der Waals surface area (Å²) in [5, 5.41) is 6.88. The summed E-state index contributed by atoms with van der Waals surface area (Å²) in [5.41, 5.74) is 1.71. The lowest BCUT2D eigenvalue weighted by Gasteiger charge is -2.14. The topological polar surface area (TPSA) is 64.7 Å². The standard InChI is InChI=1S/C14H21N5O/c1-10(2)19-11(3)9-16-13(19)6-7-15-14(20)12-5-8-17-18(12)4/h5,8-10H,6-7H2,1-4H3,(H,15,20). The van der Waals surface area contributed by atoms with Gasteiger partial charge in [-0.3, -0.25) is 9.48 Å². The largest absolute Gasteiger partial charge is 0.350 e. The zero-order chi connectivity index (χ0) is 14.7. The molecular formula is C14H21N5O. The molecule has 2 aromatic rings. The van der Waals surface area contributed by atoms with E-state index in [-0.39, 0.29) is 5.91 Å². The molecule has 1 amide bonds. The Labute approximate surface area is 118 Å². The highest BCUT2D eigenvalue weighted by molar-refractivity contribution is 5.92. The molecule has 108 valence electrons. The van der Waals surface area contributed by atoms with Crippen LogP contribution in [-0.4, -0.2) is 31.8 Å². The van der Waals surface area contributed by atoms with Gasteiger partial charge in [0.25, 0.3) is 5.91 Å². The van der Waals surface area contributed by atoms with Crippen molar-refractivity contribution in [1.29, 1.82) is 0 Å². The summed E-state index contributed by atoms with van der Waals surface area (Å²) in [5.74, 6) is 0.896. The summed E-state index contributed by atoms with van der Waals surface area (Å²) >= 11 is 0. The van der Waals surface area contributed by atoms with Crippen LogP contribution in [-0.2, 0) is 13.5 Å². The van der Waals surface area contributed by atoms with E-state index >= 15 is 0 Å². The van der Waals surface area contributed by atoms with E-state index in [9.17, 15) is 4.79 Å². The summed E-state index contributed by atoms with van der Waals surface area (Å²) in [4.78, 5) is 16.3. The second-order valence-electron chi connectivity index (χ2n) is 5.13. The molecule has 0 fully saturated rings. The Hall–Kier alpha value is -2.11. The average Bonchev–Trinajstić information content (AvgIpc) is 2.95. The summed E-state index contributed by atoms with van der Waals surface area (Å²) in [6, 6.07) is 2.08. The molecule has 2 aromatic heterocycles. The number of aryl methyl sites for hydroxylation is 2. The second-order valence-corrected chi connectivity index (χ2v) is 5.13. The molecule has 0 spiro atoms. The molecule has 0 saturated carbocycles. The zero-order valence-corrected chi connectivity index (χ0v) is 12.4. The van der Waals surface area contributed by atoms with Crippen LogP contribution in [0.2, 0.25) is 0 Å². The zero-order valence-electron chi connectivity index (χ0n) is 12.4. The number of rotatable bonds is 5. The summed E-state index contributed by atoms with van der Waals surface area (Å²) < 4.78 is 3.75. The van der Waals surface area contributed by atoms with Crippen molar-refractivity contribution in [3.63, 3.8) is 0 Å². The Morgan fingerprint density at radius 1 is 1.45 bits per heavy atom. The van der Waals surface area contributed by atoms with Gasteiger partial charge in [0, 0.05) is 44.1 Å². The number of imidazole rings is 1. The van der Waals surface area contributed by atoms with Crippen molar-refractivity contribution in [1.82, 2.24) is 24.6 Å². The molecule has 6 nitrogen and oxygen atoms in total. The van der Waals surface area contributed by atoms with Crippen LogP contribution in [0.3, 0.4) is 0 Å². The third-order valence-electron chi connectivity index (χ3n) is 3.26. The minimum Gasteiger partial charge on any atom is -0.350 e. The summed E-state index contributed by atoms with van der Waals surface area (Å²) in [6.07, 6.45) is 4.21. The Balaban J connectivity index is 1.94. The number of nitrogens with zero attached hydrogens (tertiary/aromatic N) is 4. The van der Waals surface area contributed by atoms with Crippen LogP contribution >= 0.6 is 0 Å². The Bertz CT molecular complexity index is 596. The maximum Gasteiger partial charge on any atom is 0.269 e. The minimum atomic E-state index is -0.107. The summed E-state index contributed by atoms with van der Waals surface area (Å²) in [6.45, 7) is 6.87. The maximum absolute atomic E-state index is 11.9. The van der Waals surface area contributed by atoms with Crippen LogP contribution < -0.4 is 5.32 Å². The van der Waals surface area contributed by atoms with Crippen molar-refractivity contribution in [2.45, 2.75) is 33.2 Å². The van der Waals surface area contributed by atoms with Gasteiger partial charge < -0.3 is 9.88 Å². The number of carbonyl (C=O) groups is 1. The number of amides is 1. The lowest BCUT2D eigenvalue weighted by molar-refractivity contribution is 0.0944. The molecule has 0 aliphatic carbocycles. The smallest absolute Gasteiger partial charge is 0.269 e. The fourth-order valence-corrected chi connectivity index (χ4v) is 2.36. The molecule has 0 saturated heterocycles. The first-order valence-electron chi connectivity index (χ1n) is 6.79. The van der Waals surface area contributed by atoms with Crippen LogP contribution in [0.25, 0.3) is 0 Å². The van der Waals surface area contributed by atoms with Crippen LogP contribution in [0.15, 0.2) is 18.5 Å². The normalized spacial score (nSPS) is 11.1. The van der Waals surface area contributed by atoms with E-state index < -0.39 is 0 Å². The van der Waals surface area contributed by atoms with Crippen molar-refractivity contribution < 1.29 is 4.79 Å². The Kier molecular flexibility index (Phi) is 4.22. The third-order valence-corrected chi connectivity index (χ3v) is 3.26. The molecule has 0 aliphatic heterocycles. The molecule has 0 atom stereocenters. The Morgan fingerprint density at radius 2 is 2.20 bits per heavy atom. The highest BCUT2D eigenvalue weighted by Gasteiger charge is 2.12. The molecular weight excluding hydrogens is 254 g/mol. The van der Waals surface area contributed by atoms with Crippen LogP contribution in [0.1, 0.15) is 41.9 Å². The SMILES string of the molecule is Cc1cnc(CCNC(=O)c2ccnn2C)n1C(C)C. The van der Waals surface area contributed by atoms with Crippen LogP contribution in [0, 0.1) is 6.92 Å². The van der Waals surface area contributed by atoms with Gasteiger partial charge in [0.05, 0.1) is 0 Å².